The zero-order chi connectivity index (χ0) is 13.2. The number of nitrogens with one attached hydrogen (secondary N) is 1. The number of aromatic nitrogens is 2. The van der Waals surface area contributed by atoms with Crippen LogP contribution in [0.1, 0.15) is 12.8 Å². The minimum atomic E-state index is -3.54. The van der Waals surface area contributed by atoms with Crippen molar-refractivity contribution in [3.8, 4) is 0 Å². The first-order valence-electron chi connectivity index (χ1n) is 5.72. The molecule has 0 aliphatic carbocycles. The summed E-state index contributed by atoms with van der Waals surface area (Å²) in [5.41, 5.74) is 0. The van der Waals surface area contributed by atoms with Gasteiger partial charge in [0.1, 0.15) is 4.90 Å². The lowest BCUT2D eigenvalue weighted by Gasteiger charge is -2.28. The maximum atomic E-state index is 12.2. The van der Waals surface area contributed by atoms with Gasteiger partial charge in [-0.2, -0.15) is 4.31 Å². The van der Waals surface area contributed by atoms with Gasteiger partial charge in [-0.25, -0.2) is 18.4 Å². The van der Waals surface area contributed by atoms with Gasteiger partial charge in [0.15, 0.2) is 0 Å². The highest BCUT2D eigenvalue weighted by atomic mass is 32.2. The summed E-state index contributed by atoms with van der Waals surface area (Å²) in [5, 5.41) is 12.1. The van der Waals surface area contributed by atoms with E-state index in [-0.39, 0.29) is 4.90 Å². The SMILES string of the molecule is CNc1ncc(S(=O)(=O)N2CCC(O)CC2)cn1. The van der Waals surface area contributed by atoms with E-state index in [1.165, 1.54) is 16.7 Å². The van der Waals surface area contributed by atoms with Crippen molar-refractivity contribution in [2.24, 2.45) is 0 Å². The van der Waals surface area contributed by atoms with E-state index in [0.717, 1.165) is 0 Å². The van der Waals surface area contributed by atoms with Crippen LogP contribution in [0.4, 0.5) is 5.95 Å². The van der Waals surface area contributed by atoms with Crippen LogP contribution in [0.15, 0.2) is 17.3 Å². The second-order valence-electron chi connectivity index (χ2n) is 4.13. The Bertz CT molecular complexity index is 494. The summed E-state index contributed by atoms with van der Waals surface area (Å²) in [7, 11) is -1.88. The highest BCUT2D eigenvalue weighted by Crippen LogP contribution is 2.19. The molecular formula is C10H16N4O3S. The third-order valence-corrected chi connectivity index (χ3v) is 4.76. The summed E-state index contributed by atoms with van der Waals surface area (Å²) in [6.07, 6.45) is 3.11. The van der Waals surface area contributed by atoms with Crippen molar-refractivity contribution >= 4 is 16.0 Å². The van der Waals surface area contributed by atoms with E-state index in [1.807, 2.05) is 0 Å². The molecule has 1 fully saturated rings. The Balaban J connectivity index is 2.19. The van der Waals surface area contributed by atoms with E-state index in [2.05, 4.69) is 15.3 Å². The molecule has 0 aromatic carbocycles. The fourth-order valence-corrected chi connectivity index (χ4v) is 3.17. The standard InChI is InChI=1S/C10H16N4O3S/c1-11-10-12-6-9(7-13-10)18(16,17)14-4-2-8(15)3-5-14/h6-8,15H,2-5H2,1H3,(H,11,12,13). The van der Waals surface area contributed by atoms with Gasteiger partial charge in [-0.1, -0.05) is 0 Å². The zero-order valence-corrected chi connectivity index (χ0v) is 10.9. The van der Waals surface area contributed by atoms with Crippen molar-refractivity contribution in [3.63, 3.8) is 0 Å². The molecule has 0 unspecified atom stereocenters. The van der Waals surface area contributed by atoms with Crippen LogP contribution in [0.2, 0.25) is 0 Å². The molecule has 0 radical (unpaired) electrons. The average molecular weight is 272 g/mol. The molecule has 1 aliphatic rings. The summed E-state index contributed by atoms with van der Waals surface area (Å²) >= 11 is 0. The van der Waals surface area contributed by atoms with E-state index in [1.54, 1.807) is 7.05 Å². The molecule has 7 nitrogen and oxygen atoms in total. The Morgan fingerprint density at radius 2 is 1.89 bits per heavy atom. The highest BCUT2D eigenvalue weighted by molar-refractivity contribution is 7.89. The Morgan fingerprint density at radius 3 is 2.39 bits per heavy atom. The van der Waals surface area contributed by atoms with Gasteiger partial charge in [0.25, 0.3) is 0 Å². The fourth-order valence-electron chi connectivity index (χ4n) is 1.81. The van der Waals surface area contributed by atoms with Crippen molar-refractivity contribution < 1.29 is 13.5 Å². The van der Waals surface area contributed by atoms with Gasteiger partial charge in [-0.3, -0.25) is 0 Å². The molecule has 1 aliphatic heterocycles. The van der Waals surface area contributed by atoms with Crippen LogP contribution in [-0.2, 0) is 10.0 Å². The first-order valence-corrected chi connectivity index (χ1v) is 7.16. The van der Waals surface area contributed by atoms with Gasteiger partial charge in [0.05, 0.1) is 18.5 Å². The maximum Gasteiger partial charge on any atom is 0.246 e. The van der Waals surface area contributed by atoms with E-state index >= 15 is 0 Å². The molecule has 1 aromatic rings. The minimum Gasteiger partial charge on any atom is -0.393 e. The molecule has 2 rings (SSSR count). The Labute approximate surface area is 106 Å². The number of hydrogen-bond acceptors (Lipinski definition) is 6. The van der Waals surface area contributed by atoms with Crippen molar-refractivity contribution in [2.75, 3.05) is 25.5 Å². The Morgan fingerprint density at radius 1 is 1.33 bits per heavy atom. The largest absolute Gasteiger partial charge is 0.393 e. The molecule has 8 heteroatoms. The summed E-state index contributed by atoms with van der Waals surface area (Å²) in [6.45, 7) is 0.661. The quantitative estimate of drug-likeness (QED) is 0.782. The van der Waals surface area contributed by atoms with Gasteiger partial charge in [0.2, 0.25) is 16.0 Å². The number of aliphatic hydroxyl groups excluding tert-OH is 1. The molecule has 0 spiro atoms. The third-order valence-electron chi connectivity index (χ3n) is 2.91. The second kappa shape index (κ2) is 5.17. The maximum absolute atomic E-state index is 12.2. The predicted octanol–water partition coefficient (Wildman–Crippen LogP) is -0.336. The highest BCUT2D eigenvalue weighted by Gasteiger charge is 2.29. The summed E-state index contributed by atoms with van der Waals surface area (Å²) in [5.74, 6) is 0.378. The van der Waals surface area contributed by atoms with Gasteiger partial charge < -0.3 is 10.4 Å². The molecule has 18 heavy (non-hydrogen) atoms. The molecule has 0 bridgehead atoms. The van der Waals surface area contributed by atoms with Crippen molar-refractivity contribution in [1.82, 2.24) is 14.3 Å². The van der Waals surface area contributed by atoms with E-state index in [4.69, 9.17) is 0 Å². The van der Waals surface area contributed by atoms with Crippen LogP contribution >= 0.6 is 0 Å². The van der Waals surface area contributed by atoms with Crippen LogP contribution in [0, 0.1) is 0 Å². The topological polar surface area (TPSA) is 95.4 Å². The second-order valence-corrected chi connectivity index (χ2v) is 6.07. The van der Waals surface area contributed by atoms with Crippen molar-refractivity contribution in [3.05, 3.63) is 12.4 Å². The van der Waals surface area contributed by atoms with Crippen molar-refractivity contribution in [1.29, 1.82) is 0 Å². The number of sulfonamides is 1. The number of piperidine rings is 1. The average Bonchev–Trinajstić information content (AvgIpc) is 2.39. The molecule has 2 heterocycles. The molecule has 1 saturated heterocycles. The normalized spacial score (nSPS) is 18.8. The summed E-state index contributed by atoms with van der Waals surface area (Å²) in [6, 6.07) is 0. The summed E-state index contributed by atoms with van der Waals surface area (Å²) in [4.78, 5) is 7.87. The lowest BCUT2D eigenvalue weighted by atomic mass is 10.1. The van der Waals surface area contributed by atoms with Gasteiger partial charge >= 0.3 is 0 Å². The van der Waals surface area contributed by atoms with Gasteiger partial charge in [-0.15, -0.1) is 0 Å². The number of nitrogens with zero attached hydrogens (tertiary/aromatic N) is 3. The lowest BCUT2D eigenvalue weighted by molar-refractivity contribution is 0.113. The van der Waals surface area contributed by atoms with Crippen molar-refractivity contribution in [2.45, 2.75) is 23.8 Å². The molecule has 1 aromatic heterocycles. The van der Waals surface area contributed by atoms with Crippen LogP contribution in [0.5, 0.6) is 0 Å². The molecular weight excluding hydrogens is 256 g/mol. The van der Waals surface area contributed by atoms with E-state index in [0.29, 0.717) is 31.9 Å². The number of anilines is 1. The number of aliphatic hydroxyl groups is 1. The van der Waals surface area contributed by atoms with E-state index < -0.39 is 16.1 Å². The Kier molecular flexibility index (Phi) is 3.79. The number of rotatable bonds is 3. The molecule has 0 atom stereocenters. The van der Waals surface area contributed by atoms with Crippen LogP contribution in [0.25, 0.3) is 0 Å². The monoisotopic (exact) mass is 272 g/mol. The van der Waals surface area contributed by atoms with E-state index in [9.17, 15) is 13.5 Å². The predicted molar refractivity (Wildman–Crippen MR) is 65.6 cm³/mol. The lowest BCUT2D eigenvalue weighted by Crippen LogP contribution is -2.40. The zero-order valence-electron chi connectivity index (χ0n) is 10.1. The smallest absolute Gasteiger partial charge is 0.246 e. The van der Waals surface area contributed by atoms with Gasteiger partial charge in [-0.05, 0) is 12.8 Å². The first-order chi connectivity index (χ1) is 8.54. The molecule has 2 N–H and O–H groups in total. The third kappa shape index (κ3) is 2.60. The first kappa shape index (κ1) is 13.2. The molecule has 0 amide bonds. The number of hydrogen-bond donors (Lipinski definition) is 2. The van der Waals surface area contributed by atoms with Gasteiger partial charge in [0, 0.05) is 20.1 Å². The minimum absolute atomic E-state index is 0.0814. The van der Waals surface area contributed by atoms with Crippen LogP contribution < -0.4 is 5.32 Å². The molecule has 0 saturated carbocycles. The summed E-state index contributed by atoms with van der Waals surface area (Å²) < 4.78 is 25.8. The Hall–Kier alpha value is -1.25. The van der Waals surface area contributed by atoms with Crippen LogP contribution in [-0.4, -0.2) is 54.0 Å². The molecule has 100 valence electrons. The van der Waals surface area contributed by atoms with Crippen LogP contribution in [0.3, 0.4) is 0 Å². The fraction of sp³-hybridized carbons (Fsp3) is 0.600.